The highest BCUT2D eigenvalue weighted by Gasteiger charge is 2.50. The number of rotatable bonds is 2. The Labute approximate surface area is 120 Å². The van der Waals surface area contributed by atoms with Crippen molar-refractivity contribution in [3.05, 3.63) is 24.5 Å². The van der Waals surface area contributed by atoms with Gasteiger partial charge in [0, 0.05) is 12.4 Å². The Morgan fingerprint density at radius 1 is 0.952 bits per heavy atom. The fourth-order valence-corrected chi connectivity index (χ4v) is 3.33. The van der Waals surface area contributed by atoms with Crippen LogP contribution in [0.3, 0.4) is 0 Å². The first-order valence-corrected chi connectivity index (χ1v) is 7.11. The van der Waals surface area contributed by atoms with Crippen molar-refractivity contribution in [2.45, 2.75) is 25.7 Å². The van der Waals surface area contributed by atoms with Crippen LogP contribution in [0, 0.1) is 11.8 Å². The molecule has 0 unspecified atom stereocenters. The van der Waals surface area contributed by atoms with Crippen LogP contribution in [0.5, 0.6) is 0 Å². The molecule has 1 saturated carbocycles. The summed E-state index contributed by atoms with van der Waals surface area (Å²) in [6.45, 7) is 0. The minimum atomic E-state index is -0.208. The summed E-state index contributed by atoms with van der Waals surface area (Å²) in [4.78, 5) is 26.3. The van der Waals surface area contributed by atoms with E-state index in [2.05, 4.69) is 10.3 Å². The minimum Gasteiger partial charge on any atom is -0.303 e. The van der Waals surface area contributed by atoms with Crippen molar-refractivity contribution >= 4 is 17.6 Å². The molecule has 21 heavy (non-hydrogen) atoms. The molecule has 0 aromatic carbocycles. The molecule has 2 aromatic heterocycles. The van der Waals surface area contributed by atoms with E-state index in [1.807, 2.05) is 12.1 Å². The average molecular weight is 286 g/mol. The second kappa shape index (κ2) is 4.54. The van der Waals surface area contributed by atoms with Crippen LogP contribution in [0.25, 0.3) is 5.82 Å². The van der Waals surface area contributed by atoms with Crippen LogP contribution in [0.4, 0.5) is 5.82 Å². The number of hydrogen-bond acceptors (Lipinski definition) is 5. The molecule has 1 aliphatic heterocycles. The number of carbonyl (C=O) groups is 2. The molecular formula is C14H14N4O3. The molecular weight excluding hydrogens is 272 g/mol. The SMILES string of the molecule is O=C1[C@@H]2CCCC[C@H]2C(=O)N1c1nonc1-n1cccc1. The lowest BCUT2D eigenvalue weighted by Gasteiger charge is -2.19. The van der Waals surface area contributed by atoms with Crippen molar-refractivity contribution in [3.8, 4) is 5.82 Å². The summed E-state index contributed by atoms with van der Waals surface area (Å²) in [6, 6.07) is 3.65. The van der Waals surface area contributed by atoms with Crippen molar-refractivity contribution in [1.82, 2.24) is 14.9 Å². The molecule has 2 aromatic rings. The van der Waals surface area contributed by atoms with Crippen molar-refractivity contribution in [1.29, 1.82) is 0 Å². The van der Waals surface area contributed by atoms with E-state index >= 15 is 0 Å². The number of imide groups is 1. The van der Waals surface area contributed by atoms with Gasteiger partial charge in [-0.3, -0.25) is 9.59 Å². The van der Waals surface area contributed by atoms with Crippen LogP contribution in [0.1, 0.15) is 25.7 Å². The largest absolute Gasteiger partial charge is 0.303 e. The molecule has 2 fully saturated rings. The molecule has 4 rings (SSSR count). The molecule has 1 aliphatic carbocycles. The van der Waals surface area contributed by atoms with E-state index in [1.165, 1.54) is 0 Å². The first-order chi connectivity index (χ1) is 10.3. The van der Waals surface area contributed by atoms with E-state index in [9.17, 15) is 9.59 Å². The van der Waals surface area contributed by atoms with Crippen LogP contribution in [0.2, 0.25) is 0 Å². The molecule has 2 atom stereocenters. The van der Waals surface area contributed by atoms with Gasteiger partial charge in [-0.25, -0.2) is 9.53 Å². The van der Waals surface area contributed by atoms with Gasteiger partial charge in [-0.05, 0) is 35.3 Å². The number of hydrogen-bond donors (Lipinski definition) is 0. The van der Waals surface area contributed by atoms with Gasteiger partial charge in [0.25, 0.3) is 0 Å². The summed E-state index contributed by atoms with van der Waals surface area (Å²) in [7, 11) is 0. The van der Waals surface area contributed by atoms with Gasteiger partial charge in [0.15, 0.2) is 0 Å². The Bertz CT molecular complexity index is 667. The Hall–Kier alpha value is -2.44. The molecule has 0 radical (unpaired) electrons. The van der Waals surface area contributed by atoms with E-state index in [1.54, 1.807) is 17.0 Å². The molecule has 0 N–H and O–H groups in total. The fraction of sp³-hybridized carbons (Fsp3) is 0.429. The van der Waals surface area contributed by atoms with Crippen molar-refractivity contribution < 1.29 is 14.2 Å². The Kier molecular flexibility index (Phi) is 2.66. The normalized spacial score (nSPS) is 25.4. The molecule has 1 saturated heterocycles. The monoisotopic (exact) mass is 286 g/mol. The molecule has 7 heteroatoms. The lowest BCUT2D eigenvalue weighted by molar-refractivity contribution is -0.122. The smallest absolute Gasteiger partial charge is 0.239 e. The van der Waals surface area contributed by atoms with Crippen LogP contribution in [-0.4, -0.2) is 26.7 Å². The number of carbonyl (C=O) groups excluding carboxylic acids is 2. The van der Waals surface area contributed by atoms with E-state index in [4.69, 9.17) is 4.63 Å². The molecule has 0 bridgehead atoms. The third-order valence-electron chi connectivity index (χ3n) is 4.36. The third-order valence-corrected chi connectivity index (χ3v) is 4.36. The predicted octanol–water partition coefficient (Wildman–Crippen LogP) is 1.54. The highest BCUT2D eigenvalue weighted by atomic mass is 16.6. The summed E-state index contributed by atoms with van der Waals surface area (Å²) in [5.41, 5.74) is 0. The van der Waals surface area contributed by atoms with E-state index in [0.29, 0.717) is 5.82 Å². The first kappa shape index (κ1) is 12.3. The zero-order valence-corrected chi connectivity index (χ0v) is 11.3. The molecule has 108 valence electrons. The van der Waals surface area contributed by atoms with Gasteiger partial charge in [-0.2, -0.15) is 0 Å². The minimum absolute atomic E-state index is 0.172. The molecule has 0 spiro atoms. The molecule has 2 aliphatic rings. The Morgan fingerprint density at radius 2 is 1.52 bits per heavy atom. The maximum atomic E-state index is 12.6. The van der Waals surface area contributed by atoms with Gasteiger partial charge >= 0.3 is 0 Å². The average Bonchev–Trinajstić information content (AvgIpc) is 3.21. The van der Waals surface area contributed by atoms with Crippen LogP contribution < -0.4 is 4.90 Å². The standard InChI is InChI=1S/C14H14N4O3/c19-13-9-5-1-2-6-10(9)14(20)18(13)12-11(15-21-16-12)17-7-3-4-8-17/h3-4,7-10H,1-2,5-6H2/t9-,10-/m1/s1. The lowest BCUT2D eigenvalue weighted by atomic mass is 9.81. The molecule has 2 amide bonds. The Morgan fingerprint density at radius 3 is 2.14 bits per heavy atom. The van der Waals surface area contributed by atoms with E-state index in [0.717, 1.165) is 30.6 Å². The van der Waals surface area contributed by atoms with Gasteiger partial charge < -0.3 is 4.57 Å². The van der Waals surface area contributed by atoms with Crippen molar-refractivity contribution in [2.24, 2.45) is 11.8 Å². The second-order valence-electron chi connectivity index (χ2n) is 5.51. The number of amides is 2. The van der Waals surface area contributed by atoms with Gasteiger partial charge in [0.2, 0.25) is 23.5 Å². The maximum Gasteiger partial charge on any atom is 0.239 e. The van der Waals surface area contributed by atoms with E-state index in [-0.39, 0.29) is 29.5 Å². The van der Waals surface area contributed by atoms with Gasteiger partial charge in [-0.1, -0.05) is 12.8 Å². The number of anilines is 1. The highest BCUT2D eigenvalue weighted by molar-refractivity contribution is 6.22. The lowest BCUT2D eigenvalue weighted by Crippen LogP contribution is -2.32. The second-order valence-corrected chi connectivity index (χ2v) is 5.51. The molecule has 7 nitrogen and oxygen atoms in total. The van der Waals surface area contributed by atoms with Crippen LogP contribution >= 0.6 is 0 Å². The summed E-state index contributed by atoms with van der Waals surface area (Å²) in [6.07, 6.45) is 7.07. The van der Waals surface area contributed by atoms with Gasteiger partial charge in [0.1, 0.15) is 0 Å². The zero-order valence-electron chi connectivity index (χ0n) is 11.3. The number of nitrogens with zero attached hydrogens (tertiary/aromatic N) is 4. The van der Waals surface area contributed by atoms with Gasteiger partial charge in [0.05, 0.1) is 11.8 Å². The molecule has 3 heterocycles. The highest BCUT2D eigenvalue weighted by Crippen LogP contribution is 2.40. The maximum absolute atomic E-state index is 12.6. The quantitative estimate of drug-likeness (QED) is 0.782. The Balaban J connectivity index is 1.76. The van der Waals surface area contributed by atoms with Crippen LogP contribution in [-0.2, 0) is 9.59 Å². The predicted molar refractivity (Wildman–Crippen MR) is 71.6 cm³/mol. The number of aromatic nitrogens is 3. The summed E-state index contributed by atoms with van der Waals surface area (Å²) in [5.74, 6) is -0.209. The summed E-state index contributed by atoms with van der Waals surface area (Å²) >= 11 is 0. The first-order valence-electron chi connectivity index (χ1n) is 7.11. The third kappa shape index (κ3) is 1.73. The summed E-state index contributed by atoms with van der Waals surface area (Å²) in [5, 5.41) is 7.61. The number of fused-ring (bicyclic) bond motifs is 1. The van der Waals surface area contributed by atoms with Gasteiger partial charge in [-0.15, -0.1) is 0 Å². The fourth-order valence-electron chi connectivity index (χ4n) is 3.33. The summed E-state index contributed by atoms with van der Waals surface area (Å²) < 4.78 is 6.44. The van der Waals surface area contributed by atoms with Crippen molar-refractivity contribution in [2.75, 3.05) is 4.90 Å². The van der Waals surface area contributed by atoms with Crippen LogP contribution in [0.15, 0.2) is 29.2 Å². The topological polar surface area (TPSA) is 81.2 Å². The zero-order chi connectivity index (χ0) is 14.4. The van der Waals surface area contributed by atoms with E-state index < -0.39 is 0 Å². The van der Waals surface area contributed by atoms with Crippen molar-refractivity contribution in [3.63, 3.8) is 0 Å².